The maximum Gasteiger partial charge on any atom is 0.306 e. The molecule has 0 bridgehead atoms. The Labute approximate surface area is 218 Å². The summed E-state index contributed by atoms with van der Waals surface area (Å²) in [6.45, 7) is 2.50. The smallest absolute Gasteiger partial charge is 0.306 e. The van der Waals surface area contributed by atoms with Crippen LogP contribution in [0.15, 0.2) is 48.8 Å². The van der Waals surface area contributed by atoms with Gasteiger partial charge in [-0.2, -0.15) is 0 Å². The summed E-state index contributed by atoms with van der Waals surface area (Å²) in [6, 6.07) is 12.4. The number of likely N-dealkylation sites (tertiary alicyclic amines) is 1. The number of nitrogens with zero attached hydrogens (tertiary/aromatic N) is 3. The van der Waals surface area contributed by atoms with E-state index in [1.54, 1.807) is 0 Å². The number of amides is 1. The van der Waals surface area contributed by atoms with E-state index >= 15 is 0 Å². The molecule has 3 aromatic rings. The van der Waals surface area contributed by atoms with Crippen molar-refractivity contribution in [3.63, 3.8) is 0 Å². The van der Waals surface area contributed by atoms with Crippen molar-refractivity contribution >= 4 is 28.5 Å². The van der Waals surface area contributed by atoms with Crippen LogP contribution in [0.3, 0.4) is 0 Å². The molecule has 4 heterocycles. The number of benzene rings is 1. The standard InChI is InChI=1S/C30H36N4O3/c1-37-29(36)18-24(27-20-31-19-23-5-2-3-7-26(23)27)17-21-12-15-34(16-13-21)28(35)11-10-25-9-8-22-6-4-14-32-30(22)33-25/h2-3,5,7-9,19-21,24H,4,6,10-18H2,1H3,(H,32,33). The van der Waals surface area contributed by atoms with Crippen LogP contribution in [0.4, 0.5) is 5.82 Å². The van der Waals surface area contributed by atoms with Crippen molar-refractivity contribution < 1.29 is 14.3 Å². The number of hydrogen-bond donors (Lipinski definition) is 1. The Hall–Kier alpha value is -3.48. The molecule has 37 heavy (non-hydrogen) atoms. The van der Waals surface area contributed by atoms with Crippen molar-refractivity contribution in [1.82, 2.24) is 14.9 Å². The van der Waals surface area contributed by atoms with E-state index in [1.165, 1.54) is 12.7 Å². The van der Waals surface area contributed by atoms with E-state index in [1.807, 2.05) is 29.4 Å². The largest absolute Gasteiger partial charge is 0.469 e. The average molecular weight is 501 g/mol. The van der Waals surface area contributed by atoms with Gasteiger partial charge in [-0.1, -0.05) is 30.3 Å². The zero-order chi connectivity index (χ0) is 25.6. The minimum absolute atomic E-state index is 0.0435. The highest BCUT2D eigenvalue weighted by Crippen LogP contribution is 2.35. The van der Waals surface area contributed by atoms with E-state index in [4.69, 9.17) is 9.72 Å². The molecule has 0 radical (unpaired) electrons. The first kappa shape index (κ1) is 25.2. The summed E-state index contributed by atoms with van der Waals surface area (Å²) in [7, 11) is 1.45. The monoisotopic (exact) mass is 500 g/mol. The summed E-state index contributed by atoms with van der Waals surface area (Å²) in [5.41, 5.74) is 3.35. The Balaban J connectivity index is 1.17. The Morgan fingerprint density at radius 2 is 1.97 bits per heavy atom. The van der Waals surface area contributed by atoms with Crippen LogP contribution in [0.1, 0.15) is 61.3 Å². The number of esters is 1. The van der Waals surface area contributed by atoms with E-state index in [0.29, 0.717) is 25.2 Å². The number of fused-ring (bicyclic) bond motifs is 2. The van der Waals surface area contributed by atoms with Crippen LogP contribution in [-0.2, 0) is 27.2 Å². The molecule has 1 fully saturated rings. The van der Waals surface area contributed by atoms with Gasteiger partial charge in [0.25, 0.3) is 0 Å². The number of nitrogens with one attached hydrogen (secondary N) is 1. The van der Waals surface area contributed by atoms with Gasteiger partial charge >= 0.3 is 5.97 Å². The number of pyridine rings is 2. The number of piperidine rings is 1. The lowest BCUT2D eigenvalue weighted by atomic mass is 9.81. The van der Waals surface area contributed by atoms with E-state index < -0.39 is 0 Å². The van der Waals surface area contributed by atoms with E-state index in [-0.39, 0.29) is 17.8 Å². The van der Waals surface area contributed by atoms with Crippen molar-refractivity contribution in [3.8, 4) is 0 Å². The highest BCUT2D eigenvalue weighted by Gasteiger charge is 2.28. The van der Waals surface area contributed by atoms with Gasteiger partial charge in [-0.25, -0.2) is 4.98 Å². The molecule has 1 aromatic carbocycles. The molecule has 7 heteroatoms. The van der Waals surface area contributed by atoms with Gasteiger partial charge in [-0.05, 0) is 72.9 Å². The fourth-order valence-electron chi connectivity index (χ4n) is 5.79. The third-order valence-electron chi connectivity index (χ3n) is 7.91. The van der Waals surface area contributed by atoms with Crippen molar-refractivity contribution in [3.05, 3.63) is 65.6 Å². The van der Waals surface area contributed by atoms with Crippen molar-refractivity contribution in [2.75, 3.05) is 32.1 Å². The summed E-state index contributed by atoms with van der Waals surface area (Å²) in [5, 5.41) is 5.60. The molecule has 7 nitrogen and oxygen atoms in total. The maximum absolute atomic E-state index is 13.0. The fraction of sp³-hybridized carbons (Fsp3) is 0.467. The number of methoxy groups -OCH3 is 1. The Morgan fingerprint density at radius 3 is 2.81 bits per heavy atom. The van der Waals surface area contributed by atoms with E-state index in [2.05, 4.69) is 34.6 Å². The zero-order valence-corrected chi connectivity index (χ0v) is 21.6. The summed E-state index contributed by atoms with van der Waals surface area (Å²) in [5.74, 6) is 1.49. The quantitative estimate of drug-likeness (QED) is 0.443. The van der Waals surface area contributed by atoms with Gasteiger partial charge in [-0.15, -0.1) is 0 Å². The first-order valence-electron chi connectivity index (χ1n) is 13.5. The number of rotatable bonds is 8. The van der Waals surface area contributed by atoms with E-state index in [0.717, 1.165) is 79.6 Å². The van der Waals surface area contributed by atoms with Crippen LogP contribution in [0, 0.1) is 5.92 Å². The third kappa shape index (κ3) is 6.09. The Bertz CT molecular complexity index is 1250. The molecule has 0 aliphatic carbocycles. The Morgan fingerprint density at radius 1 is 1.14 bits per heavy atom. The number of hydrogen-bond acceptors (Lipinski definition) is 6. The average Bonchev–Trinajstić information content (AvgIpc) is 2.95. The lowest BCUT2D eigenvalue weighted by molar-refractivity contribution is -0.141. The van der Waals surface area contributed by atoms with E-state index in [9.17, 15) is 9.59 Å². The molecule has 1 amide bonds. The van der Waals surface area contributed by atoms with Gasteiger partial charge < -0.3 is 15.0 Å². The normalized spacial score (nSPS) is 16.6. The highest BCUT2D eigenvalue weighted by atomic mass is 16.5. The predicted octanol–water partition coefficient (Wildman–Crippen LogP) is 4.90. The molecule has 1 N–H and O–H groups in total. The van der Waals surface area contributed by atoms with Gasteiger partial charge in [0.15, 0.2) is 0 Å². The molecule has 1 atom stereocenters. The second-order valence-electron chi connectivity index (χ2n) is 10.3. The minimum Gasteiger partial charge on any atom is -0.469 e. The van der Waals surface area contributed by atoms with Crippen molar-refractivity contribution in [2.45, 2.75) is 57.3 Å². The summed E-state index contributed by atoms with van der Waals surface area (Å²) in [4.78, 5) is 36.4. The fourth-order valence-corrected chi connectivity index (χ4v) is 5.79. The molecule has 2 aliphatic rings. The molecule has 0 spiro atoms. The number of ether oxygens (including phenoxy) is 1. The van der Waals surface area contributed by atoms with Crippen molar-refractivity contribution in [1.29, 1.82) is 0 Å². The molecular weight excluding hydrogens is 464 g/mol. The van der Waals surface area contributed by atoms with Gasteiger partial charge in [0.2, 0.25) is 5.91 Å². The second kappa shape index (κ2) is 11.7. The number of carbonyl (C=O) groups is 2. The highest BCUT2D eigenvalue weighted by molar-refractivity contribution is 5.85. The first-order chi connectivity index (χ1) is 18.1. The molecule has 2 aromatic heterocycles. The van der Waals surface area contributed by atoms with Crippen LogP contribution in [0.5, 0.6) is 0 Å². The summed E-state index contributed by atoms with van der Waals surface area (Å²) < 4.78 is 5.02. The third-order valence-corrected chi connectivity index (χ3v) is 7.91. The lowest BCUT2D eigenvalue weighted by Crippen LogP contribution is -2.39. The van der Waals surface area contributed by atoms with Gasteiger partial charge in [0.05, 0.1) is 13.5 Å². The van der Waals surface area contributed by atoms with Crippen LogP contribution < -0.4 is 5.32 Å². The molecular formula is C30H36N4O3. The molecule has 1 unspecified atom stereocenters. The molecule has 0 saturated carbocycles. The number of aromatic nitrogens is 2. The van der Waals surface area contributed by atoms with Gasteiger partial charge in [-0.3, -0.25) is 14.6 Å². The summed E-state index contributed by atoms with van der Waals surface area (Å²) >= 11 is 0. The topological polar surface area (TPSA) is 84.4 Å². The molecule has 1 saturated heterocycles. The first-order valence-corrected chi connectivity index (χ1v) is 13.5. The second-order valence-corrected chi connectivity index (χ2v) is 10.3. The number of anilines is 1. The predicted molar refractivity (Wildman–Crippen MR) is 144 cm³/mol. The van der Waals surface area contributed by atoms with Crippen LogP contribution in [0.2, 0.25) is 0 Å². The van der Waals surface area contributed by atoms with Gasteiger partial charge in [0.1, 0.15) is 5.82 Å². The zero-order valence-electron chi connectivity index (χ0n) is 21.6. The molecule has 194 valence electrons. The minimum atomic E-state index is -0.198. The number of carbonyl (C=O) groups excluding carboxylic acids is 2. The van der Waals surface area contributed by atoms with Crippen LogP contribution >= 0.6 is 0 Å². The summed E-state index contributed by atoms with van der Waals surface area (Å²) in [6.07, 6.45) is 10.3. The van der Waals surface area contributed by atoms with Crippen molar-refractivity contribution in [2.24, 2.45) is 5.92 Å². The maximum atomic E-state index is 13.0. The SMILES string of the molecule is COC(=O)CC(CC1CCN(C(=O)CCc2ccc3c(n2)NCCC3)CC1)c1cncc2ccccc12. The Kier molecular flexibility index (Phi) is 7.97. The lowest BCUT2D eigenvalue weighted by Gasteiger charge is -2.34. The molecule has 2 aliphatic heterocycles. The van der Waals surface area contributed by atoms with Crippen LogP contribution in [-0.4, -0.2) is 53.5 Å². The van der Waals surface area contributed by atoms with Crippen LogP contribution in [0.25, 0.3) is 10.8 Å². The number of aryl methyl sites for hydroxylation is 2. The van der Waals surface area contributed by atoms with Gasteiger partial charge in [0, 0.05) is 49.5 Å². The molecule has 5 rings (SSSR count).